The first-order valence-corrected chi connectivity index (χ1v) is 10.5. The molecule has 4 nitrogen and oxygen atoms in total. The molecule has 1 aliphatic heterocycles. The quantitative estimate of drug-likeness (QED) is 0.720. The Morgan fingerprint density at radius 2 is 1.96 bits per heavy atom. The number of rotatable bonds is 1. The molecule has 0 saturated heterocycles. The lowest BCUT2D eigenvalue weighted by Gasteiger charge is -2.47. The molecule has 28 heavy (non-hydrogen) atoms. The van der Waals surface area contributed by atoms with E-state index in [0.29, 0.717) is 17.5 Å². The standard InChI is InChI=1S/C23H22BrN3O/c1-28-17-6-8-22(9-7-17)12-15-3-4-16(24)11-20(15)23(22)19-5-2-14(13-25)10-18(19)21(26)27-23/h2-5,10-11,17H,6-9,12H2,1H3,(H2,26,27). The van der Waals surface area contributed by atoms with E-state index in [-0.39, 0.29) is 5.41 Å². The second-order valence-corrected chi connectivity index (χ2v) is 9.19. The molecule has 1 heterocycles. The number of benzene rings is 2. The zero-order chi connectivity index (χ0) is 19.5. The van der Waals surface area contributed by atoms with Gasteiger partial charge in [0.25, 0.3) is 0 Å². The van der Waals surface area contributed by atoms with Gasteiger partial charge >= 0.3 is 0 Å². The molecule has 0 radical (unpaired) electrons. The first-order chi connectivity index (χ1) is 13.5. The van der Waals surface area contributed by atoms with E-state index in [2.05, 4.69) is 46.3 Å². The highest BCUT2D eigenvalue weighted by atomic mass is 79.9. The molecule has 0 amide bonds. The van der Waals surface area contributed by atoms with Crippen molar-refractivity contribution in [2.75, 3.05) is 7.11 Å². The van der Waals surface area contributed by atoms with Crippen molar-refractivity contribution in [1.82, 2.24) is 0 Å². The number of methoxy groups -OCH3 is 1. The molecule has 0 bridgehead atoms. The molecule has 3 aliphatic rings. The molecule has 1 saturated carbocycles. The normalized spacial score (nSPS) is 30.2. The van der Waals surface area contributed by atoms with Crippen LogP contribution in [0.4, 0.5) is 0 Å². The van der Waals surface area contributed by atoms with Crippen molar-refractivity contribution >= 4 is 21.8 Å². The van der Waals surface area contributed by atoms with Crippen LogP contribution in [0.25, 0.3) is 0 Å². The van der Waals surface area contributed by atoms with E-state index >= 15 is 0 Å². The van der Waals surface area contributed by atoms with E-state index in [1.54, 1.807) is 0 Å². The van der Waals surface area contributed by atoms with E-state index < -0.39 is 5.54 Å². The maximum absolute atomic E-state index is 9.35. The van der Waals surface area contributed by atoms with Crippen molar-refractivity contribution in [3.05, 3.63) is 68.7 Å². The fraction of sp³-hybridized carbons (Fsp3) is 0.391. The molecular weight excluding hydrogens is 414 g/mol. The molecule has 2 aliphatic carbocycles. The summed E-state index contributed by atoms with van der Waals surface area (Å²) < 4.78 is 6.72. The minimum atomic E-state index is -0.474. The Morgan fingerprint density at radius 3 is 2.68 bits per heavy atom. The summed E-state index contributed by atoms with van der Waals surface area (Å²) in [5, 5.41) is 9.35. The molecule has 1 unspecified atom stereocenters. The number of hydrogen-bond acceptors (Lipinski definition) is 4. The largest absolute Gasteiger partial charge is 0.383 e. The highest BCUT2D eigenvalue weighted by Crippen LogP contribution is 2.64. The van der Waals surface area contributed by atoms with Gasteiger partial charge in [0.05, 0.1) is 17.7 Å². The van der Waals surface area contributed by atoms with E-state index in [1.807, 2.05) is 19.2 Å². The lowest BCUT2D eigenvalue weighted by Crippen LogP contribution is -2.45. The fourth-order valence-electron chi connectivity index (χ4n) is 5.79. The SMILES string of the molecule is COC1CCC2(CC1)Cc1ccc(Br)cc1C21N=C(N)c2cc(C#N)ccc21. The van der Waals surface area contributed by atoms with Gasteiger partial charge in [-0.2, -0.15) is 5.26 Å². The number of aliphatic imine (C=N–C) groups is 1. The van der Waals surface area contributed by atoms with Gasteiger partial charge in [-0.15, -0.1) is 0 Å². The number of amidine groups is 1. The molecule has 2 aromatic rings. The molecule has 0 aromatic heterocycles. The number of hydrogen-bond donors (Lipinski definition) is 1. The zero-order valence-electron chi connectivity index (χ0n) is 15.8. The predicted molar refractivity (Wildman–Crippen MR) is 112 cm³/mol. The highest BCUT2D eigenvalue weighted by molar-refractivity contribution is 9.10. The van der Waals surface area contributed by atoms with Gasteiger partial charge in [0.1, 0.15) is 11.4 Å². The third-order valence-electron chi connectivity index (χ3n) is 7.08. The van der Waals surface area contributed by atoms with Gasteiger partial charge in [-0.05, 0) is 73.1 Å². The summed E-state index contributed by atoms with van der Waals surface area (Å²) in [5.41, 5.74) is 11.3. The Hall–Kier alpha value is -2.16. The molecule has 2 spiro atoms. The summed E-state index contributed by atoms with van der Waals surface area (Å²) in [6.45, 7) is 0. The maximum atomic E-state index is 9.35. The number of nitriles is 1. The molecule has 5 rings (SSSR count). The fourth-order valence-corrected chi connectivity index (χ4v) is 6.15. The van der Waals surface area contributed by atoms with Crippen LogP contribution in [0.1, 0.15) is 53.5 Å². The molecule has 1 fully saturated rings. The predicted octanol–water partition coefficient (Wildman–Crippen LogP) is 4.41. The van der Waals surface area contributed by atoms with E-state index in [1.165, 1.54) is 11.1 Å². The lowest BCUT2D eigenvalue weighted by atomic mass is 9.59. The zero-order valence-corrected chi connectivity index (χ0v) is 17.4. The second-order valence-electron chi connectivity index (χ2n) is 8.27. The summed E-state index contributed by atoms with van der Waals surface area (Å²) >= 11 is 3.66. The Bertz CT molecular complexity index is 1050. The average Bonchev–Trinajstić information content (AvgIpc) is 3.16. The maximum Gasteiger partial charge on any atom is 0.127 e. The van der Waals surface area contributed by atoms with Gasteiger partial charge in [-0.1, -0.05) is 28.1 Å². The number of nitrogens with zero attached hydrogens (tertiary/aromatic N) is 2. The van der Waals surface area contributed by atoms with Gasteiger partial charge in [-0.3, -0.25) is 4.99 Å². The number of nitrogens with two attached hydrogens (primary N) is 1. The number of fused-ring (bicyclic) bond motifs is 5. The van der Waals surface area contributed by atoms with Crippen LogP contribution in [0.3, 0.4) is 0 Å². The van der Waals surface area contributed by atoms with E-state index in [9.17, 15) is 5.26 Å². The minimum Gasteiger partial charge on any atom is -0.383 e. The van der Waals surface area contributed by atoms with Crippen molar-refractivity contribution in [2.24, 2.45) is 16.1 Å². The number of halogens is 1. The molecule has 142 valence electrons. The second kappa shape index (κ2) is 6.17. The Labute approximate surface area is 173 Å². The average molecular weight is 436 g/mol. The van der Waals surface area contributed by atoms with Gasteiger partial charge in [0.15, 0.2) is 0 Å². The number of ether oxygens (including phenoxy) is 1. The van der Waals surface area contributed by atoms with Gasteiger partial charge in [0, 0.05) is 22.6 Å². The lowest BCUT2D eigenvalue weighted by molar-refractivity contribution is 0.00684. The van der Waals surface area contributed by atoms with Crippen LogP contribution in [0.2, 0.25) is 0 Å². The van der Waals surface area contributed by atoms with Crippen molar-refractivity contribution in [3.63, 3.8) is 0 Å². The van der Waals surface area contributed by atoms with E-state index in [0.717, 1.165) is 47.7 Å². The summed E-state index contributed by atoms with van der Waals surface area (Å²) in [7, 11) is 1.81. The summed E-state index contributed by atoms with van der Waals surface area (Å²) in [4.78, 5) is 5.20. The Kier molecular flexibility index (Phi) is 3.94. The first-order valence-electron chi connectivity index (χ1n) is 9.75. The monoisotopic (exact) mass is 435 g/mol. The summed E-state index contributed by atoms with van der Waals surface area (Å²) in [5.74, 6) is 0.549. The molecule has 2 aromatic carbocycles. The molecule has 2 N–H and O–H groups in total. The van der Waals surface area contributed by atoms with Crippen LogP contribution in [0, 0.1) is 16.7 Å². The van der Waals surface area contributed by atoms with Crippen molar-refractivity contribution < 1.29 is 4.74 Å². The van der Waals surface area contributed by atoms with Gasteiger partial charge in [0.2, 0.25) is 0 Å². The molecule has 5 heteroatoms. The van der Waals surface area contributed by atoms with E-state index in [4.69, 9.17) is 15.5 Å². The smallest absolute Gasteiger partial charge is 0.127 e. The van der Waals surface area contributed by atoms with Crippen LogP contribution in [0.15, 0.2) is 45.9 Å². The highest BCUT2D eigenvalue weighted by Gasteiger charge is 2.62. The van der Waals surface area contributed by atoms with Crippen LogP contribution in [-0.2, 0) is 16.7 Å². The third-order valence-corrected chi connectivity index (χ3v) is 7.58. The van der Waals surface area contributed by atoms with Gasteiger partial charge < -0.3 is 10.5 Å². The summed E-state index contributed by atoms with van der Waals surface area (Å²) in [6, 6.07) is 14.7. The van der Waals surface area contributed by atoms with Crippen molar-refractivity contribution in [3.8, 4) is 6.07 Å². The van der Waals surface area contributed by atoms with Gasteiger partial charge in [-0.25, -0.2) is 0 Å². The van der Waals surface area contributed by atoms with Crippen LogP contribution >= 0.6 is 15.9 Å². The summed E-state index contributed by atoms with van der Waals surface area (Å²) in [6.07, 6.45) is 5.49. The van der Waals surface area contributed by atoms with Crippen LogP contribution in [0.5, 0.6) is 0 Å². The van der Waals surface area contributed by atoms with Crippen molar-refractivity contribution in [2.45, 2.75) is 43.7 Å². The Balaban J connectivity index is 1.76. The van der Waals surface area contributed by atoms with Crippen LogP contribution < -0.4 is 5.73 Å². The molecule has 1 atom stereocenters. The first kappa shape index (κ1) is 17.9. The third kappa shape index (κ3) is 2.22. The molecular formula is C23H22BrN3O. The topological polar surface area (TPSA) is 71.4 Å². The Morgan fingerprint density at radius 1 is 1.18 bits per heavy atom. The van der Waals surface area contributed by atoms with Crippen LogP contribution in [-0.4, -0.2) is 19.0 Å². The minimum absolute atomic E-state index is 0.00478. The van der Waals surface area contributed by atoms with Crippen molar-refractivity contribution in [1.29, 1.82) is 5.26 Å².